The number of hydrogen-bond acceptors (Lipinski definition) is 4. The molecule has 0 bridgehead atoms. The van der Waals surface area contributed by atoms with Crippen LogP contribution in [0.2, 0.25) is 0 Å². The van der Waals surface area contributed by atoms with E-state index in [1.165, 1.54) is 12.8 Å². The van der Waals surface area contributed by atoms with Gasteiger partial charge < -0.3 is 19.3 Å². The molecule has 0 radical (unpaired) electrons. The van der Waals surface area contributed by atoms with Gasteiger partial charge in [-0.1, -0.05) is 18.9 Å². The maximum Gasteiger partial charge on any atom is 0.161 e. The van der Waals surface area contributed by atoms with Crippen LogP contribution in [0.15, 0.2) is 18.2 Å². The normalized spacial score (nSPS) is 24.2. The highest BCUT2D eigenvalue weighted by atomic mass is 16.5. The summed E-state index contributed by atoms with van der Waals surface area (Å²) in [6, 6.07) is 5.60. The molecule has 0 aromatic heterocycles. The van der Waals surface area contributed by atoms with E-state index in [1.807, 2.05) is 18.2 Å². The van der Waals surface area contributed by atoms with Crippen LogP contribution in [0.25, 0.3) is 0 Å². The molecule has 116 valence electrons. The fourth-order valence-electron chi connectivity index (χ4n) is 3.54. The summed E-state index contributed by atoms with van der Waals surface area (Å²) in [4.78, 5) is 0. The van der Waals surface area contributed by atoms with Crippen LogP contribution in [0.1, 0.15) is 44.1 Å². The zero-order chi connectivity index (χ0) is 14.7. The van der Waals surface area contributed by atoms with Crippen LogP contribution in [0, 0.1) is 0 Å². The number of benzene rings is 1. The highest BCUT2D eigenvalue weighted by molar-refractivity contribution is 5.43. The summed E-state index contributed by atoms with van der Waals surface area (Å²) in [5.74, 6) is 1.45. The van der Waals surface area contributed by atoms with Crippen LogP contribution in [0.3, 0.4) is 0 Å². The lowest BCUT2D eigenvalue weighted by Gasteiger charge is -2.38. The summed E-state index contributed by atoms with van der Waals surface area (Å²) in [6.45, 7) is 0.790. The Kier molecular flexibility index (Phi) is 4.36. The Labute approximate surface area is 126 Å². The van der Waals surface area contributed by atoms with Gasteiger partial charge in [0.1, 0.15) is 6.10 Å². The summed E-state index contributed by atoms with van der Waals surface area (Å²) in [7, 11) is 1.63. The Morgan fingerprint density at radius 1 is 1.29 bits per heavy atom. The van der Waals surface area contributed by atoms with Crippen molar-refractivity contribution < 1.29 is 19.3 Å². The molecule has 21 heavy (non-hydrogen) atoms. The van der Waals surface area contributed by atoms with E-state index in [0.29, 0.717) is 5.75 Å². The van der Waals surface area contributed by atoms with Gasteiger partial charge in [0.15, 0.2) is 11.5 Å². The van der Waals surface area contributed by atoms with Crippen molar-refractivity contribution in [2.75, 3.05) is 13.7 Å². The van der Waals surface area contributed by atoms with E-state index in [9.17, 15) is 5.11 Å². The molecule has 1 atom stereocenters. The number of aliphatic hydroxyl groups excluding tert-OH is 1. The zero-order valence-corrected chi connectivity index (χ0v) is 12.6. The van der Waals surface area contributed by atoms with Crippen LogP contribution in [0.5, 0.6) is 11.5 Å². The molecule has 4 nitrogen and oxygen atoms in total. The van der Waals surface area contributed by atoms with Crippen molar-refractivity contribution in [1.29, 1.82) is 0 Å². The fraction of sp³-hybridized carbons (Fsp3) is 0.647. The molecule has 0 amide bonds. The minimum Gasteiger partial charge on any atom is -0.493 e. The molecule has 4 heteroatoms. The van der Waals surface area contributed by atoms with Gasteiger partial charge in [-0.2, -0.15) is 0 Å². The van der Waals surface area contributed by atoms with E-state index < -0.39 is 0 Å². The quantitative estimate of drug-likeness (QED) is 0.926. The van der Waals surface area contributed by atoms with Gasteiger partial charge in [0.05, 0.1) is 25.9 Å². The van der Waals surface area contributed by atoms with E-state index in [2.05, 4.69) is 0 Å². The summed E-state index contributed by atoms with van der Waals surface area (Å²) < 4.78 is 17.6. The van der Waals surface area contributed by atoms with Crippen LogP contribution in [-0.4, -0.2) is 30.5 Å². The largest absolute Gasteiger partial charge is 0.493 e. The molecule has 1 aliphatic heterocycles. The minimum absolute atomic E-state index is 0.0109. The first-order valence-corrected chi connectivity index (χ1v) is 7.83. The first kappa shape index (κ1) is 14.7. The van der Waals surface area contributed by atoms with Crippen molar-refractivity contribution in [2.45, 2.75) is 56.8 Å². The number of hydrogen-bond donors (Lipinski definition) is 1. The average Bonchev–Trinajstić information content (AvgIpc) is 2.95. The van der Waals surface area contributed by atoms with Gasteiger partial charge in [-0.05, 0) is 30.5 Å². The molecule has 1 saturated carbocycles. The van der Waals surface area contributed by atoms with Crippen molar-refractivity contribution in [3.8, 4) is 11.5 Å². The van der Waals surface area contributed by atoms with Crippen molar-refractivity contribution in [3.05, 3.63) is 23.8 Å². The van der Waals surface area contributed by atoms with Crippen LogP contribution >= 0.6 is 0 Å². The Balaban J connectivity index is 1.71. The summed E-state index contributed by atoms with van der Waals surface area (Å²) in [5.41, 5.74) is 0.889. The van der Waals surface area contributed by atoms with Crippen LogP contribution < -0.4 is 9.47 Å². The molecule has 1 N–H and O–H groups in total. The van der Waals surface area contributed by atoms with E-state index in [0.717, 1.165) is 43.6 Å². The van der Waals surface area contributed by atoms with E-state index in [-0.39, 0.29) is 18.3 Å². The molecule has 1 aromatic rings. The lowest BCUT2D eigenvalue weighted by Crippen LogP contribution is -2.41. The predicted octanol–water partition coefficient (Wildman–Crippen LogP) is 3.06. The minimum atomic E-state index is 0.0109. The molecule has 1 heterocycles. The van der Waals surface area contributed by atoms with Gasteiger partial charge in [-0.3, -0.25) is 0 Å². The molecular weight excluding hydrogens is 268 g/mol. The van der Waals surface area contributed by atoms with Crippen molar-refractivity contribution in [3.63, 3.8) is 0 Å². The summed E-state index contributed by atoms with van der Waals surface area (Å²) in [6.07, 6.45) is 6.93. The van der Waals surface area contributed by atoms with E-state index >= 15 is 0 Å². The van der Waals surface area contributed by atoms with Gasteiger partial charge in [-0.15, -0.1) is 0 Å². The van der Waals surface area contributed by atoms with Gasteiger partial charge in [0.25, 0.3) is 0 Å². The number of ether oxygens (including phenoxy) is 3. The smallest absolute Gasteiger partial charge is 0.161 e. The monoisotopic (exact) mass is 292 g/mol. The standard InChI is InChI=1S/C17H24O4/c1-19-16-10-13(12-18)4-5-15(16)21-14-6-9-20-17(11-14)7-2-3-8-17/h4-5,10,14,18H,2-3,6-9,11-12H2,1H3. The van der Waals surface area contributed by atoms with E-state index in [4.69, 9.17) is 14.2 Å². The summed E-state index contributed by atoms with van der Waals surface area (Å²) >= 11 is 0. The first-order valence-electron chi connectivity index (χ1n) is 7.83. The van der Waals surface area contributed by atoms with Crippen molar-refractivity contribution >= 4 is 0 Å². The van der Waals surface area contributed by atoms with Gasteiger partial charge in [-0.25, -0.2) is 0 Å². The third-order valence-electron chi connectivity index (χ3n) is 4.67. The predicted molar refractivity (Wildman–Crippen MR) is 79.7 cm³/mol. The molecule has 1 saturated heterocycles. The van der Waals surface area contributed by atoms with Gasteiger partial charge in [0, 0.05) is 12.8 Å². The molecule has 1 aromatic carbocycles. The molecule has 2 aliphatic rings. The SMILES string of the molecule is COc1cc(CO)ccc1OC1CCOC2(CCCC2)C1. The Morgan fingerprint density at radius 2 is 2.10 bits per heavy atom. The molecule has 2 fully saturated rings. The second kappa shape index (κ2) is 6.24. The topological polar surface area (TPSA) is 47.9 Å². The Morgan fingerprint density at radius 3 is 2.81 bits per heavy atom. The third kappa shape index (κ3) is 3.16. The van der Waals surface area contributed by atoms with Gasteiger partial charge >= 0.3 is 0 Å². The fourth-order valence-corrected chi connectivity index (χ4v) is 3.54. The Hall–Kier alpha value is -1.26. The summed E-state index contributed by atoms with van der Waals surface area (Å²) in [5, 5.41) is 9.20. The lowest BCUT2D eigenvalue weighted by atomic mass is 9.90. The average molecular weight is 292 g/mol. The van der Waals surface area contributed by atoms with Crippen molar-refractivity contribution in [1.82, 2.24) is 0 Å². The van der Waals surface area contributed by atoms with Crippen LogP contribution in [-0.2, 0) is 11.3 Å². The maximum absolute atomic E-state index is 9.20. The Bertz CT molecular complexity index is 480. The van der Waals surface area contributed by atoms with Gasteiger partial charge in [0.2, 0.25) is 0 Å². The second-order valence-electron chi connectivity index (χ2n) is 6.11. The maximum atomic E-state index is 9.20. The highest BCUT2D eigenvalue weighted by Gasteiger charge is 2.40. The molecular formula is C17H24O4. The molecule has 1 aliphatic carbocycles. The first-order chi connectivity index (χ1) is 10.2. The zero-order valence-electron chi connectivity index (χ0n) is 12.6. The number of aliphatic hydroxyl groups is 1. The molecule has 1 spiro atoms. The van der Waals surface area contributed by atoms with Crippen LogP contribution in [0.4, 0.5) is 0 Å². The second-order valence-corrected chi connectivity index (χ2v) is 6.11. The number of rotatable bonds is 4. The lowest BCUT2D eigenvalue weighted by molar-refractivity contribution is -0.108. The highest BCUT2D eigenvalue weighted by Crippen LogP contribution is 2.41. The number of methoxy groups -OCH3 is 1. The molecule has 1 unspecified atom stereocenters. The molecule has 3 rings (SSSR count). The van der Waals surface area contributed by atoms with Crippen molar-refractivity contribution in [2.24, 2.45) is 0 Å². The third-order valence-corrected chi connectivity index (χ3v) is 4.67. The van der Waals surface area contributed by atoms with E-state index in [1.54, 1.807) is 7.11 Å².